The van der Waals surface area contributed by atoms with E-state index in [1.54, 1.807) is 0 Å². The largest absolute Gasteiger partial charge is 0.480 e. The number of carbonyl (C=O) groups is 3. The Morgan fingerprint density at radius 1 is 1.33 bits per heavy atom. The molecule has 0 aromatic heterocycles. The minimum absolute atomic E-state index is 0.0603. The van der Waals surface area contributed by atoms with Crippen molar-refractivity contribution in [3.63, 3.8) is 0 Å². The summed E-state index contributed by atoms with van der Waals surface area (Å²) in [6.07, 6.45) is 0.0603. The van der Waals surface area contributed by atoms with Crippen LogP contribution < -0.4 is 5.32 Å². The molecule has 0 atom stereocenters. The minimum atomic E-state index is -1.07. The van der Waals surface area contributed by atoms with Crippen molar-refractivity contribution in [2.75, 3.05) is 26.7 Å². The number of methoxy groups -OCH3 is 1. The van der Waals surface area contributed by atoms with E-state index in [0.717, 1.165) is 0 Å². The van der Waals surface area contributed by atoms with Crippen LogP contribution in [0, 0.1) is 5.92 Å². The molecule has 2 N–H and O–H groups in total. The lowest BCUT2D eigenvalue weighted by Crippen LogP contribution is -2.45. The molecule has 7 heteroatoms. The highest BCUT2D eigenvalue weighted by Crippen LogP contribution is 1.99. The van der Waals surface area contributed by atoms with Crippen LogP contribution in [0.3, 0.4) is 0 Å². The van der Waals surface area contributed by atoms with Gasteiger partial charge in [0, 0.05) is 13.1 Å². The van der Waals surface area contributed by atoms with Gasteiger partial charge in [0.2, 0.25) is 0 Å². The molecule has 0 saturated carbocycles. The molecule has 7 nitrogen and oxygen atoms in total. The Hall–Kier alpha value is -1.79. The lowest BCUT2D eigenvalue weighted by Gasteiger charge is -2.22. The Labute approximate surface area is 106 Å². The number of urea groups is 1. The third-order valence-electron chi connectivity index (χ3n) is 2.03. The Morgan fingerprint density at radius 2 is 1.94 bits per heavy atom. The van der Waals surface area contributed by atoms with Gasteiger partial charge in [-0.1, -0.05) is 13.8 Å². The topological polar surface area (TPSA) is 95.9 Å². The fourth-order valence-corrected chi connectivity index (χ4v) is 1.31. The molecule has 0 bridgehead atoms. The molecule has 0 radical (unpaired) electrons. The van der Waals surface area contributed by atoms with Crippen LogP contribution in [0.15, 0.2) is 0 Å². The maximum absolute atomic E-state index is 11.7. The van der Waals surface area contributed by atoms with Crippen LogP contribution in [0.5, 0.6) is 0 Å². The summed E-state index contributed by atoms with van der Waals surface area (Å²) in [5.41, 5.74) is 0. The van der Waals surface area contributed by atoms with Crippen LogP contribution >= 0.6 is 0 Å². The molecule has 0 saturated heterocycles. The summed E-state index contributed by atoms with van der Waals surface area (Å²) in [5.74, 6) is -1.33. The van der Waals surface area contributed by atoms with Gasteiger partial charge in [-0.05, 0) is 5.92 Å². The number of aliphatic carboxylic acids is 1. The average molecular weight is 260 g/mol. The number of rotatable bonds is 7. The normalized spacial score (nSPS) is 10.0. The van der Waals surface area contributed by atoms with Crippen molar-refractivity contribution >= 4 is 18.0 Å². The van der Waals surface area contributed by atoms with Crippen molar-refractivity contribution in [3.05, 3.63) is 0 Å². The highest BCUT2D eigenvalue weighted by atomic mass is 16.5. The van der Waals surface area contributed by atoms with E-state index in [9.17, 15) is 14.4 Å². The SMILES string of the molecule is COC(=O)CCNC(=O)N(CC(=O)O)CC(C)C. The van der Waals surface area contributed by atoms with Crippen molar-refractivity contribution in [1.82, 2.24) is 10.2 Å². The van der Waals surface area contributed by atoms with Gasteiger partial charge in [-0.2, -0.15) is 0 Å². The quantitative estimate of drug-likeness (QED) is 0.642. The van der Waals surface area contributed by atoms with Gasteiger partial charge in [-0.25, -0.2) is 4.79 Å². The third-order valence-corrected chi connectivity index (χ3v) is 2.03. The number of esters is 1. The predicted octanol–water partition coefficient (Wildman–Crippen LogP) is 0.302. The summed E-state index contributed by atoms with van der Waals surface area (Å²) in [7, 11) is 1.26. The van der Waals surface area contributed by atoms with Gasteiger partial charge in [-0.15, -0.1) is 0 Å². The number of carboxylic acid groups (broad SMARTS) is 1. The van der Waals surface area contributed by atoms with E-state index < -0.39 is 18.0 Å². The van der Waals surface area contributed by atoms with Crippen LogP contribution in [0.25, 0.3) is 0 Å². The summed E-state index contributed by atoms with van der Waals surface area (Å²) in [5, 5.41) is 11.2. The number of nitrogens with one attached hydrogen (secondary N) is 1. The Balaban J connectivity index is 4.20. The maximum Gasteiger partial charge on any atom is 0.323 e. The molecule has 104 valence electrons. The van der Waals surface area contributed by atoms with E-state index in [4.69, 9.17) is 5.11 Å². The number of carbonyl (C=O) groups excluding carboxylic acids is 2. The van der Waals surface area contributed by atoms with E-state index in [-0.39, 0.29) is 25.4 Å². The predicted molar refractivity (Wildman–Crippen MR) is 64.1 cm³/mol. The van der Waals surface area contributed by atoms with Gasteiger partial charge < -0.3 is 20.1 Å². The monoisotopic (exact) mass is 260 g/mol. The van der Waals surface area contributed by atoms with Crippen molar-refractivity contribution in [1.29, 1.82) is 0 Å². The molecule has 0 fully saturated rings. The standard InChI is InChI=1S/C11H20N2O5/c1-8(2)6-13(7-9(14)15)11(17)12-5-4-10(16)18-3/h8H,4-7H2,1-3H3,(H,12,17)(H,14,15). The van der Waals surface area contributed by atoms with Gasteiger partial charge in [-0.3, -0.25) is 9.59 Å². The van der Waals surface area contributed by atoms with Crippen molar-refractivity contribution in [2.24, 2.45) is 5.92 Å². The first-order chi connectivity index (χ1) is 8.36. The second-order valence-corrected chi connectivity index (χ2v) is 4.23. The van der Waals surface area contributed by atoms with E-state index in [0.29, 0.717) is 6.54 Å². The highest BCUT2D eigenvalue weighted by molar-refractivity contribution is 5.80. The molecule has 0 heterocycles. The molecule has 2 amide bonds. The fraction of sp³-hybridized carbons (Fsp3) is 0.727. The van der Waals surface area contributed by atoms with Gasteiger partial charge in [0.25, 0.3) is 0 Å². The molecular weight excluding hydrogens is 240 g/mol. The van der Waals surface area contributed by atoms with Crippen LogP contribution in [0.2, 0.25) is 0 Å². The zero-order chi connectivity index (χ0) is 14.1. The molecule has 0 aliphatic carbocycles. The molecular formula is C11H20N2O5. The van der Waals surface area contributed by atoms with E-state index in [1.165, 1.54) is 12.0 Å². The molecule has 0 rings (SSSR count). The fourth-order valence-electron chi connectivity index (χ4n) is 1.31. The lowest BCUT2D eigenvalue weighted by atomic mass is 10.2. The smallest absolute Gasteiger partial charge is 0.323 e. The number of amides is 2. The van der Waals surface area contributed by atoms with Crippen molar-refractivity contribution < 1.29 is 24.2 Å². The number of ether oxygens (including phenoxy) is 1. The van der Waals surface area contributed by atoms with E-state index >= 15 is 0 Å². The minimum Gasteiger partial charge on any atom is -0.480 e. The Morgan fingerprint density at radius 3 is 2.39 bits per heavy atom. The first-order valence-corrected chi connectivity index (χ1v) is 5.68. The van der Waals surface area contributed by atoms with Gasteiger partial charge in [0.05, 0.1) is 13.5 Å². The van der Waals surface area contributed by atoms with Gasteiger partial charge in [0.1, 0.15) is 6.54 Å². The summed E-state index contributed by atoms with van der Waals surface area (Å²) in [6, 6.07) is -0.491. The summed E-state index contributed by atoms with van der Waals surface area (Å²) in [6.45, 7) is 3.88. The zero-order valence-electron chi connectivity index (χ0n) is 10.9. The molecule has 0 aromatic carbocycles. The maximum atomic E-state index is 11.7. The van der Waals surface area contributed by atoms with E-state index in [2.05, 4.69) is 10.1 Å². The van der Waals surface area contributed by atoms with Crippen molar-refractivity contribution in [3.8, 4) is 0 Å². The van der Waals surface area contributed by atoms with Crippen LogP contribution in [0.1, 0.15) is 20.3 Å². The number of hydrogen-bond donors (Lipinski definition) is 2. The summed E-state index contributed by atoms with van der Waals surface area (Å²) >= 11 is 0. The van der Waals surface area contributed by atoms with Crippen molar-refractivity contribution in [2.45, 2.75) is 20.3 Å². The van der Waals surface area contributed by atoms with Gasteiger partial charge >= 0.3 is 18.0 Å². The molecule has 0 aliphatic heterocycles. The Kier molecular flexibility index (Phi) is 7.50. The van der Waals surface area contributed by atoms with Gasteiger partial charge in [0.15, 0.2) is 0 Å². The first-order valence-electron chi connectivity index (χ1n) is 5.68. The second kappa shape index (κ2) is 8.32. The van der Waals surface area contributed by atoms with Crippen LogP contribution in [0.4, 0.5) is 4.79 Å². The highest BCUT2D eigenvalue weighted by Gasteiger charge is 2.17. The summed E-state index contributed by atoms with van der Waals surface area (Å²) in [4.78, 5) is 34.3. The molecule has 0 unspecified atom stereocenters. The molecule has 0 aliphatic rings. The average Bonchev–Trinajstić information content (AvgIpc) is 2.26. The number of hydrogen-bond acceptors (Lipinski definition) is 4. The summed E-state index contributed by atoms with van der Waals surface area (Å²) < 4.78 is 4.42. The molecule has 0 aromatic rings. The van der Waals surface area contributed by atoms with E-state index in [1.807, 2.05) is 13.8 Å². The van der Waals surface area contributed by atoms with Crippen LogP contribution in [-0.2, 0) is 14.3 Å². The molecule has 18 heavy (non-hydrogen) atoms. The molecule has 0 spiro atoms. The first kappa shape index (κ1) is 16.2. The second-order valence-electron chi connectivity index (χ2n) is 4.23. The zero-order valence-corrected chi connectivity index (χ0v) is 10.9. The lowest BCUT2D eigenvalue weighted by molar-refractivity contribution is -0.140. The number of nitrogens with zero attached hydrogens (tertiary/aromatic N) is 1. The van der Waals surface area contributed by atoms with Crippen LogP contribution in [-0.4, -0.2) is 54.7 Å². The Bertz CT molecular complexity index is 304. The number of carboxylic acids is 1. The third kappa shape index (κ3) is 7.48.